The predicted molar refractivity (Wildman–Crippen MR) is 63.4 cm³/mol. The molecule has 0 N–H and O–H groups in total. The fourth-order valence-corrected chi connectivity index (χ4v) is 3.35. The Labute approximate surface area is 94.8 Å². The first-order chi connectivity index (χ1) is 6.40. The van der Waals surface area contributed by atoms with Crippen molar-refractivity contribution in [1.82, 2.24) is 0 Å². The van der Waals surface area contributed by atoms with Crippen LogP contribution < -0.4 is 0 Å². The average Bonchev–Trinajstić information content (AvgIpc) is 2.67. The zero-order valence-electron chi connectivity index (χ0n) is 8.18. The number of alkyl halides is 1. The van der Waals surface area contributed by atoms with Gasteiger partial charge in [-0.15, -0.1) is 0 Å². The fourth-order valence-electron chi connectivity index (χ4n) is 2.70. The molecule has 2 heteroatoms. The van der Waals surface area contributed by atoms with Gasteiger partial charge in [0.2, 0.25) is 0 Å². The number of ether oxygens (including phenoxy) is 1. The molecule has 1 heterocycles. The van der Waals surface area contributed by atoms with Gasteiger partial charge in [0.15, 0.2) is 0 Å². The zero-order valence-corrected chi connectivity index (χ0v) is 10.3. The van der Waals surface area contributed by atoms with Gasteiger partial charge in [0, 0.05) is 4.43 Å². The first-order valence-corrected chi connectivity index (χ1v) is 7.14. The molecule has 0 aromatic heterocycles. The van der Waals surface area contributed by atoms with Crippen molar-refractivity contribution in [3.8, 4) is 0 Å². The summed E-state index contributed by atoms with van der Waals surface area (Å²) in [4.78, 5) is 0. The minimum atomic E-state index is 0.576. The third-order valence-electron chi connectivity index (χ3n) is 3.49. The molecule has 1 saturated carbocycles. The second-order valence-corrected chi connectivity index (χ2v) is 5.31. The molecule has 0 unspecified atom stereocenters. The molecule has 0 aromatic rings. The number of rotatable bonds is 2. The van der Waals surface area contributed by atoms with Gasteiger partial charge in [-0.1, -0.05) is 41.9 Å². The van der Waals surface area contributed by atoms with E-state index in [1.165, 1.54) is 49.4 Å². The highest BCUT2D eigenvalue weighted by atomic mass is 127. The van der Waals surface area contributed by atoms with E-state index < -0.39 is 0 Å². The highest BCUT2D eigenvalue weighted by Gasteiger charge is 2.31. The first-order valence-electron chi connectivity index (χ1n) is 5.61. The molecule has 13 heavy (non-hydrogen) atoms. The minimum Gasteiger partial charge on any atom is -0.374 e. The summed E-state index contributed by atoms with van der Waals surface area (Å²) in [6.07, 6.45) is 11.0. The van der Waals surface area contributed by atoms with Gasteiger partial charge in [0.25, 0.3) is 0 Å². The molecule has 1 aliphatic heterocycles. The van der Waals surface area contributed by atoms with Crippen LogP contribution in [0.1, 0.15) is 44.9 Å². The lowest BCUT2D eigenvalue weighted by Crippen LogP contribution is -2.23. The molecule has 1 aliphatic carbocycles. The van der Waals surface area contributed by atoms with E-state index in [2.05, 4.69) is 22.6 Å². The van der Waals surface area contributed by atoms with Gasteiger partial charge in [-0.05, 0) is 31.6 Å². The Morgan fingerprint density at radius 3 is 2.38 bits per heavy atom. The third kappa shape index (κ3) is 2.58. The molecule has 2 rings (SSSR count). The van der Waals surface area contributed by atoms with Crippen LogP contribution in [-0.4, -0.2) is 16.6 Å². The van der Waals surface area contributed by atoms with Crippen LogP contribution >= 0.6 is 22.6 Å². The Morgan fingerprint density at radius 1 is 1.00 bits per heavy atom. The molecular weight excluding hydrogens is 275 g/mol. The molecule has 0 bridgehead atoms. The molecule has 2 fully saturated rings. The number of halogens is 1. The fraction of sp³-hybridized carbons (Fsp3) is 1.00. The Kier molecular flexibility index (Phi) is 3.90. The van der Waals surface area contributed by atoms with Gasteiger partial charge in [0.1, 0.15) is 0 Å². The molecule has 0 amide bonds. The summed E-state index contributed by atoms with van der Waals surface area (Å²) in [6, 6.07) is 0. The van der Waals surface area contributed by atoms with Crippen LogP contribution in [0, 0.1) is 5.92 Å². The lowest BCUT2D eigenvalue weighted by atomic mass is 9.84. The van der Waals surface area contributed by atoms with E-state index in [4.69, 9.17) is 4.74 Å². The van der Waals surface area contributed by atoms with Crippen molar-refractivity contribution in [2.24, 2.45) is 5.92 Å². The van der Waals surface area contributed by atoms with Gasteiger partial charge in [-0.3, -0.25) is 0 Å². The van der Waals surface area contributed by atoms with E-state index in [9.17, 15) is 0 Å². The molecule has 0 aromatic carbocycles. The van der Waals surface area contributed by atoms with E-state index >= 15 is 0 Å². The predicted octanol–water partition coefficient (Wildman–Crippen LogP) is 3.55. The summed E-state index contributed by atoms with van der Waals surface area (Å²) < 4.78 is 7.22. The quantitative estimate of drug-likeness (QED) is 0.559. The molecule has 0 radical (unpaired) electrons. The molecular formula is C11H19IO. The molecule has 2 atom stereocenters. The maximum atomic E-state index is 6.04. The molecule has 1 saturated heterocycles. The monoisotopic (exact) mass is 294 g/mol. The second-order valence-electron chi connectivity index (χ2n) is 4.43. The van der Waals surface area contributed by atoms with Crippen molar-refractivity contribution in [3.63, 3.8) is 0 Å². The Bertz CT molecular complexity index is 154. The summed E-state index contributed by atoms with van der Waals surface area (Å²) in [6.45, 7) is 0. The van der Waals surface area contributed by atoms with Crippen molar-refractivity contribution >= 4 is 22.6 Å². The van der Waals surface area contributed by atoms with E-state index in [0.717, 1.165) is 5.92 Å². The molecule has 76 valence electrons. The molecule has 1 nitrogen and oxygen atoms in total. The third-order valence-corrected chi connectivity index (χ3v) is 4.47. The lowest BCUT2D eigenvalue weighted by Gasteiger charge is -2.27. The van der Waals surface area contributed by atoms with Crippen LogP contribution in [0.4, 0.5) is 0 Å². The summed E-state index contributed by atoms with van der Waals surface area (Å²) in [7, 11) is 0. The van der Waals surface area contributed by atoms with E-state index in [1.807, 2.05) is 0 Å². The SMILES string of the molecule is IC[C@H]1CC[C@@H](C2CCCCC2)O1. The minimum absolute atomic E-state index is 0.576. The number of hydrogen-bond donors (Lipinski definition) is 0. The van der Waals surface area contributed by atoms with Crippen LogP contribution in [0.15, 0.2) is 0 Å². The summed E-state index contributed by atoms with van der Waals surface area (Å²) in [5.74, 6) is 0.904. The van der Waals surface area contributed by atoms with Crippen LogP contribution in [0.5, 0.6) is 0 Å². The van der Waals surface area contributed by atoms with Gasteiger partial charge in [-0.25, -0.2) is 0 Å². The van der Waals surface area contributed by atoms with Gasteiger partial charge < -0.3 is 4.74 Å². The summed E-state index contributed by atoms with van der Waals surface area (Å²) >= 11 is 2.45. The van der Waals surface area contributed by atoms with Crippen molar-refractivity contribution < 1.29 is 4.74 Å². The molecule has 2 aliphatic rings. The first kappa shape index (κ1) is 10.2. The van der Waals surface area contributed by atoms with Gasteiger partial charge >= 0.3 is 0 Å². The van der Waals surface area contributed by atoms with Crippen molar-refractivity contribution in [1.29, 1.82) is 0 Å². The Hall–Kier alpha value is 0.690. The number of hydrogen-bond acceptors (Lipinski definition) is 1. The van der Waals surface area contributed by atoms with Crippen LogP contribution in [0.3, 0.4) is 0 Å². The Balaban J connectivity index is 1.80. The van der Waals surface area contributed by atoms with Gasteiger partial charge in [0.05, 0.1) is 12.2 Å². The Morgan fingerprint density at radius 2 is 1.77 bits per heavy atom. The molecule has 0 spiro atoms. The van der Waals surface area contributed by atoms with E-state index in [-0.39, 0.29) is 0 Å². The van der Waals surface area contributed by atoms with Crippen molar-refractivity contribution in [2.45, 2.75) is 57.2 Å². The normalized spacial score (nSPS) is 36.7. The summed E-state index contributed by atoms with van der Waals surface area (Å²) in [5.41, 5.74) is 0. The van der Waals surface area contributed by atoms with Gasteiger partial charge in [-0.2, -0.15) is 0 Å². The van der Waals surface area contributed by atoms with Crippen LogP contribution in [0.25, 0.3) is 0 Å². The largest absolute Gasteiger partial charge is 0.374 e. The maximum absolute atomic E-state index is 6.04. The van der Waals surface area contributed by atoms with E-state index in [1.54, 1.807) is 0 Å². The van der Waals surface area contributed by atoms with Crippen molar-refractivity contribution in [3.05, 3.63) is 0 Å². The summed E-state index contributed by atoms with van der Waals surface area (Å²) in [5, 5.41) is 0. The maximum Gasteiger partial charge on any atom is 0.0669 e. The average molecular weight is 294 g/mol. The highest BCUT2D eigenvalue weighted by Crippen LogP contribution is 2.34. The lowest BCUT2D eigenvalue weighted by molar-refractivity contribution is 0.0114. The second kappa shape index (κ2) is 4.96. The van der Waals surface area contributed by atoms with Crippen LogP contribution in [-0.2, 0) is 4.74 Å². The standard InChI is InChI=1S/C11H19IO/c12-8-10-6-7-11(13-10)9-4-2-1-3-5-9/h9-11H,1-8H2/t10-,11+/m1/s1. The van der Waals surface area contributed by atoms with Crippen molar-refractivity contribution in [2.75, 3.05) is 4.43 Å². The topological polar surface area (TPSA) is 9.23 Å². The van der Waals surface area contributed by atoms with Crippen LogP contribution in [0.2, 0.25) is 0 Å². The smallest absolute Gasteiger partial charge is 0.0669 e. The zero-order chi connectivity index (χ0) is 9.10. The highest BCUT2D eigenvalue weighted by molar-refractivity contribution is 14.1. The van der Waals surface area contributed by atoms with E-state index in [0.29, 0.717) is 12.2 Å².